The van der Waals surface area contributed by atoms with Gasteiger partial charge in [0.1, 0.15) is 6.61 Å². The van der Waals surface area contributed by atoms with E-state index < -0.39 is 6.16 Å². The summed E-state index contributed by atoms with van der Waals surface area (Å²) in [4.78, 5) is 11.6. The summed E-state index contributed by atoms with van der Waals surface area (Å²) in [6.45, 7) is 3.01. The second-order valence-corrected chi connectivity index (χ2v) is 9.22. The highest BCUT2D eigenvalue weighted by molar-refractivity contribution is 5.59. The van der Waals surface area contributed by atoms with Crippen LogP contribution >= 0.6 is 0 Å². The molecule has 188 valence electrons. The molecule has 0 aliphatic carbocycles. The molecule has 0 radical (unpaired) electrons. The number of ether oxygens (including phenoxy) is 2. The number of carbonyl (C=O) groups is 1. The lowest BCUT2D eigenvalue weighted by Gasteiger charge is -2.06. The summed E-state index contributed by atoms with van der Waals surface area (Å²) in [5.41, 5.74) is 0.975. The van der Waals surface area contributed by atoms with Gasteiger partial charge < -0.3 is 9.47 Å². The Kier molecular flexibility index (Phi) is 20.7. The molecular weight excluding hydrogens is 408 g/mol. The summed E-state index contributed by atoms with van der Waals surface area (Å²) in [6.07, 6.45) is 27.9. The van der Waals surface area contributed by atoms with Crippen LogP contribution in [0.25, 0.3) is 0 Å². The van der Waals surface area contributed by atoms with Crippen molar-refractivity contribution in [1.82, 2.24) is 0 Å². The van der Waals surface area contributed by atoms with E-state index in [1.54, 1.807) is 0 Å². The number of rotatable bonds is 22. The molecule has 1 aromatic carbocycles. The van der Waals surface area contributed by atoms with Crippen molar-refractivity contribution >= 4 is 6.16 Å². The van der Waals surface area contributed by atoms with Crippen LogP contribution in [0.15, 0.2) is 42.5 Å². The molecule has 33 heavy (non-hydrogen) atoms. The third-order valence-electron chi connectivity index (χ3n) is 6.08. The lowest BCUT2D eigenvalue weighted by atomic mass is 10.1. The molecule has 0 unspecified atom stereocenters. The molecule has 0 spiro atoms. The number of hydrogen-bond acceptors (Lipinski definition) is 3. The first-order valence-corrected chi connectivity index (χ1v) is 13.8. The molecule has 0 N–H and O–H groups in total. The average molecular weight is 459 g/mol. The Balaban J connectivity index is 1.74. The van der Waals surface area contributed by atoms with Gasteiger partial charge in [0.05, 0.1) is 6.61 Å². The van der Waals surface area contributed by atoms with Crippen LogP contribution in [0.5, 0.6) is 0 Å². The van der Waals surface area contributed by atoms with Crippen molar-refractivity contribution < 1.29 is 14.3 Å². The second kappa shape index (κ2) is 23.4. The molecule has 0 bridgehead atoms. The monoisotopic (exact) mass is 458 g/mol. The molecule has 3 heteroatoms. The standard InChI is InChI=1S/C30H50O3/c1-2-3-4-5-6-7-8-9-10-11-12-13-14-15-16-17-18-19-20-24-27-32-30(31)33-28-29-25-22-21-23-26-29/h13-14,21-23,25-26H,2-12,15-20,24,27-28H2,1H3/b14-13-. The van der Waals surface area contributed by atoms with E-state index in [1.165, 1.54) is 103 Å². The minimum absolute atomic E-state index is 0.271. The molecule has 0 aromatic heterocycles. The Morgan fingerprint density at radius 3 is 1.67 bits per heavy atom. The van der Waals surface area contributed by atoms with Gasteiger partial charge in [-0.15, -0.1) is 0 Å². The third kappa shape index (κ3) is 20.6. The van der Waals surface area contributed by atoms with Crippen LogP contribution in [-0.4, -0.2) is 12.8 Å². The molecule has 0 heterocycles. The average Bonchev–Trinajstić information content (AvgIpc) is 2.84. The summed E-state index contributed by atoms with van der Waals surface area (Å²) < 4.78 is 10.2. The number of allylic oxidation sites excluding steroid dienone is 2. The lowest BCUT2D eigenvalue weighted by Crippen LogP contribution is -2.08. The molecule has 0 saturated carbocycles. The van der Waals surface area contributed by atoms with E-state index >= 15 is 0 Å². The molecule has 1 rings (SSSR count). The summed E-state index contributed by atoms with van der Waals surface area (Å²) in [5.74, 6) is 0. The first kappa shape index (κ1) is 29.3. The van der Waals surface area contributed by atoms with E-state index in [-0.39, 0.29) is 6.61 Å². The van der Waals surface area contributed by atoms with Crippen molar-refractivity contribution in [3.8, 4) is 0 Å². The molecule has 0 aliphatic rings. The molecule has 0 saturated heterocycles. The topological polar surface area (TPSA) is 35.5 Å². The Bertz CT molecular complexity index is 567. The zero-order chi connectivity index (χ0) is 23.7. The van der Waals surface area contributed by atoms with Crippen molar-refractivity contribution in [2.75, 3.05) is 6.61 Å². The summed E-state index contributed by atoms with van der Waals surface area (Å²) >= 11 is 0. The van der Waals surface area contributed by atoms with Crippen LogP contribution in [0.1, 0.15) is 128 Å². The van der Waals surface area contributed by atoms with E-state index in [0.29, 0.717) is 6.61 Å². The van der Waals surface area contributed by atoms with Crippen LogP contribution in [0.3, 0.4) is 0 Å². The Hall–Kier alpha value is -1.77. The maximum absolute atomic E-state index is 11.6. The van der Waals surface area contributed by atoms with Gasteiger partial charge in [0.15, 0.2) is 0 Å². The molecule has 0 amide bonds. The number of benzene rings is 1. The molecule has 0 aliphatic heterocycles. The van der Waals surface area contributed by atoms with E-state index in [1.807, 2.05) is 30.3 Å². The van der Waals surface area contributed by atoms with E-state index in [4.69, 9.17) is 9.47 Å². The summed E-state index contributed by atoms with van der Waals surface area (Å²) in [7, 11) is 0. The van der Waals surface area contributed by atoms with Gasteiger partial charge in [-0.3, -0.25) is 0 Å². The maximum Gasteiger partial charge on any atom is 0.508 e. The molecule has 0 atom stereocenters. The predicted octanol–water partition coefficient (Wildman–Crippen LogP) is 9.94. The number of carbonyl (C=O) groups excluding carboxylic acids is 1. The first-order chi connectivity index (χ1) is 16.3. The number of unbranched alkanes of at least 4 members (excludes halogenated alkanes) is 16. The van der Waals surface area contributed by atoms with Gasteiger partial charge in [-0.25, -0.2) is 4.79 Å². The third-order valence-corrected chi connectivity index (χ3v) is 6.08. The van der Waals surface area contributed by atoms with Crippen molar-refractivity contribution in [2.45, 2.75) is 129 Å². The van der Waals surface area contributed by atoms with E-state index in [0.717, 1.165) is 18.4 Å². The molecule has 0 fully saturated rings. The quantitative estimate of drug-likeness (QED) is 0.0984. The first-order valence-electron chi connectivity index (χ1n) is 13.8. The van der Waals surface area contributed by atoms with Gasteiger partial charge in [0, 0.05) is 0 Å². The van der Waals surface area contributed by atoms with Crippen LogP contribution in [-0.2, 0) is 16.1 Å². The van der Waals surface area contributed by atoms with Gasteiger partial charge in [0.25, 0.3) is 0 Å². The van der Waals surface area contributed by atoms with Gasteiger partial charge in [-0.1, -0.05) is 133 Å². The minimum atomic E-state index is -0.566. The highest BCUT2D eigenvalue weighted by atomic mass is 16.7. The van der Waals surface area contributed by atoms with Gasteiger partial charge in [-0.2, -0.15) is 0 Å². The predicted molar refractivity (Wildman–Crippen MR) is 140 cm³/mol. The minimum Gasteiger partial charge on any atom is -0.434 e. The second-order valence-electron chi connectivity index (χ2n) is 9.22. The van der Waals surface area contributed by atoms with E-state index in [9.17, 15) is 4.79 Å². The highest BCUT2D eigenvalue weighted by Crippen LogP contribution is 2.12. The van der Waals surface area contributed by atoms with Crippen LogP contribution in [0.2, 0.25) is 0 Å². The fourth-order valence-electron chi connectivity index (χ4n) is 3.97. The SMILES string of the molecule is CCCCCCCCCCCC/C=C\CCCCCCCCOC(=O)OCc1ccccc1. The van der Waals surface area contributed by atoms with Gasteiger partial charge in [0.2, 0.25) is 0 Å². The van der Waals surface area contributed by atoms with Crippen molar-refractivity contribution in [3.63, 3.8) is 0 Å². The maximum atomic E-state index is 11.6. The van der Waals surface area contributed by atoms with Crippen molar-refractivity contribution in [3.05, 3.63) is 48.0 Å². The normalized spacial score (nSPS) is 11.2. The Labute approximate surface area is 204 Å². The molecule has 1 aromatic rings. The smallest absolute Gasteiger partial charge is 0.434 e. The lowest BCUT2D eigenvalue weighted by molar-refractivity contribution is 0.0487. The van der Waals surface area contributed by atoms with Gasteiger partial charge >= 0.3 is 6.16 Å². The van der Waals surface area contributed by atoms with Gasteiger partial charge in [-0.05, 0) is 37.7 Å². The molecular formula is C30H50O3. The van der Waals surface area contributed by atoms with Crippen LogP contribution in [0.4, 0.5) is 4.79 Å². The Morgan fingerprint density at radius 1 is 0.636 bits per heavy atom. The van der Waals surface area contributed by atoms with Crippen LogP contribution < -0.4 is 0 Å². The zero-order valence-corrected chi connectivity index (χ0v) is 21.4. The fraction of sp³-hybridized carbons (Fsp3) is 0.700. The summed E-state index contributed by atoms with van der Waals surface area (Å²) in [6, 6.07) is 9.67. The Morgan fingerprint density at radius 2 is 1.12 bits per heavy atom. The highest BCUT2D eigenvalue weighted by Gasteiger charge is 2.03. The van der Waals surface area contributed by atoms with Crippen LogP contribution in [0, 0.1) is 0 Å². The fourth-order valence-corrected chi connectivity index (χ4v) is 3.97. The molecule has 3 nitrogen and oxygen atoms in total. The zero-order valence-electron chi connectivity index (χ0n) is 21.4. The summed E-state index contributed by atoms with van der Waals surface area (Å²) in [5, 5.41) is 0. The van der Waals surface area contributed by atoms with E-state index in [2.05, 4.69) is 19.1 Å². The largest absolute Gasteiger partial charge is 0.508 e. The number of hydrogen-bond donors (Lipinski definition) is 0. The van der Waals surface area contributed by atoms with Crippen molar-refractivity contribution in [2.24, 2.45) is 0 Å². The van der Waals surface area contributed by atoms with Crippen molar-refractivity contribution in [1.29, 1.82) is 0 Å².